The first kappa shape index (κ1) is 14.6. The predicted molar refractivity (Wildman–Crippen MR) is 83.7 cm³/mol. The van der Waals surface area contributed by atoms with Crippen molar-refractivity contribution in [2.24, 2.45) is 0 Å². The molecule has 2 N–H and O–H groups in total. The van der Waals surface area contributed by atoms with Crippen molar-refractivity contribution in [1.82, 2.24) is 5.32 Å². The molecular formula is C18H19NO3. The highest BCUT2D eigenvalue weighted by molar-refractivity contribution is 5.83. The van der Waals surface area contributed by atoms with E-state index >= 15 is 0 Å². The molecule has 2 aromatic rings. The number of ether oxygens (including phenoxy) is 1. The van der Waals surface area contributed by atoms with Crippen LogP contribution in [0.4, 0.5) is 0 Å². The van der Waals surface area contributed by atoms with Crippen molar-refractivity contribution in [3.8, 4) is 5.75 Å². The maximum Gasteiger partial charge on any atom is 0.227 e. The van der Waals surface area contributed by atoms with E-state index in [2.05, 4.69) is 5.32 Å². The van der Waals surface area contributed by atoms with Crippen molar-refractivity contribution < 1.29 is 14.6 Å². The molecule has 114 valence electrons. The van der Waals surface area contributed by atoms with Crippen LogP contribution in [0.2, 0.25) is 0 Å². The van der Waals surface area contributed by atoms with E-state index in [-0.39, 0.29) is 18.4 Å². The Morgan fingerprint density at radius 1 is 1.18 bits per heavy atom. The largest absolute Gasteiger partial charge is 0.491 e. The Bertz CT molecular complexity index is 656. The van der Waals surface area contributed by atoms with Crippen LogP contribution in [-0.2, 0) is 4.79 Å². The van der Waals surface area contributed by atoms with Crippen LogP contribution in [0.15, 0.2) is 54.6 Å². The Kier molecular flexibility index (Phi) is 4.11. The summed E-state index contributed by atoms with van der Waals surface area (Å²) in [4.78, 5) is 12.4. The summed E-state index contributed by atoms with van der Waals surface area (Å²) in [7, 11) is 0. The molecule has 2 aromatic carbocycles. The first-order valence-electron chi connectivity index (χ1n) is 7.42. The summed E-state index contributed by atoms with van der Waals surface area (Å²) in [5.74, 6) is 0.292. The van der Waals surface area contributed by atoms with Crippen LogP contribution >= 0.6 is 0 Å². The SMILES string of the molecule is C[C@H](C(=O)N[C@@H]1COc2ccccc2[C@H]1O)c1ccccc1. The number of para-hydroxylation sites is 1. The molecule has 3 rings (SSSR count). The summed E-state index contributed by atoms with van der Waals surface area (Å²) in [6.07, 6.45) is -0.753. The smallest absolute Gasteiger partial charge is 0.227 e. The van der Waals surface area contributed by atoms with Crippen molar-refractivity contribution in [3.05, 3.63) is 65.7 Å². The number of hydrogen-bond acceptors (Lipinski definition) is 3. The van der Waals surface area contributed by atoms with Crippen molar-refractivity contribution in [2.75, 3.05) is 6.61 Å². The summed E-state index contributed by atoms with van der Waals surface area (Å²) < 4.78 is 5.62. The molecule has 3 atom stereocenters. The number of rotatable bonds is 3. The Morgan fingerprint density at radius 2 is 1.86 bits per heavy atom. The van der Waals surface area contributed by atoms with Gasteiger partial charge in [0.2, 0.25) is 5.91 Å². The van der Waals surface area contributed by atoms with Crippen LogP contribution < -0.4 is 10.1 Å². The zero-order valence-electron chi connectivity index (χ0n) is 12.4. The second-order valence-electron chi connectivity index (χ2n) is 5.54. The van der Waals surface area contributed by atoms with E-state index in [1.807, 2.05) is 61.5 Å². The lowest BCUT2D eigenvalue weighted by Crippen LogP contribution is -2.46. The molecule has 1 heterocycles. The molecule has 0 fully saturated rings. The molecule has 22 heavy (non-hydrogen) atoms. The van der Waals surface area contributed by atoms with Crippen molar-refractivity contribution in [2.45, 2.75) is 25.0 Å². The number of fused-ring (bicyclic) bond motifs is 1. The number of nitrogens with one attached hydrogen (secondary N) is 1. The third kappa shape index (κ3) is 2.83. The van der Waals surface area contributed by atoms with Crippen molar-refractivity contribution in [1.29, 1.82) is 0 Å². The number of amides is 1. The maximum atomic E-state index is 12.4. The van der Waals surface area contributed by atoms with Crippen LogP contribution in [0.25, 0.3) is 0 Å². The third-order valence-electron chi connectivity index (χ3n) is 4.06. The molecule has 4 heteroatoms. The minimum atomic E-state index is -0.753. The fourth-order valence-electron chi connectivity index (χ4n) is 2.67. The summed E-state index contributed by atoms with van der Waals surface area (Å²) in [6, 6.07) is 16.5. The second-order valence-corrected chi connectivity index (χ2v) is 5.54. The van der Waals surface area contributed by atoms with Gasteiger partial charge in [-0.1, -0.05) is 48.5 Å². The zero-order chi connectivity index (χ0) is 15.5. The predicted octanol–water partition coefficient (Wildman–Crippen LogP) is 2.40. The van der Waals surface area contributed by atoms with Gasteiger partial charge in [0.05, 0.1) is 12.0 Å². The molecular weight excluding hydrogens is 278 g/mol. The highest BCUT2D eigenvalue weighted by Crippen LogP contribution is 2.31. The van der Waals surface area contributed by atoms with Gasteiger partial charge in [0.15, 0.2) is 0 Å². The second kappa shape index (κ2) is 6.20. The Balaban J connectivity index is 1.70. The summed E-state index contributed by atoms with van der Waals surface area (Å²) in [5.41, 5.74) is 1.66. The van der Waals surface area contributed by atoms with Gasteiger partial charge in [0, 0.05) is 5.56 Å². The van der Waals surface area contributed by atoms with Crippen molar-refractivity contribution >= 4 is 5.91 Å². The Labute approximate surface area is 129 Å². The number of aliphatic hydroxyl groups excluding tert-OH is 1. The molecule has 4 nitrogen and oxygen atoms in total. The minimum Gasteiger partial charge on any atom is -0.491 e. The molecule has 1 amide bonds. The van der Waals surface area contributed by atoms with Crippen LogP contribution in [0.5, 0.6) is 5.75 Å². The van der Waals surface area contributed by atoms with Crippen LogP contribution in [0.3, 0.4) is 0 Å². The topological polar surface area (TPSA) is 58.6 Å². The molecule has 0 spiro atoms. The Morgan fingerprint density at radius 3 is 2.64 bits per heavy atom. The van der Waals surface area contributed by atoms with Gasteiger partial charge in [0.1, 0.15) is 18.5 Å². The first-order valence-corrected chi connectivity index (χ1v) is 7.42. The first-order chi connectivity index (χ1) is 10.7. The molecule has 0 saturated heterocycles. The van der Waals surface area contributed by atoms with E-state index in [0.717, 1.165) is 5.56 Å². The molecule has 0 saturated carbocycles. The van der Waals surface area contributed by atoms with Crippen molar-refractivity contribution in [3.63, 3.8) is 0 Å². The maximum absolute atomic E-state index is 12.4. The minimum absolute atomic E-state index is 0.113. The zero-order valence-corrected chi connectivity index (χ0v) is 12.4. The number of aliphatic hydroxyl groups is 1. The fraction of sp³-hybridized carbons (Fsp3) is 0.278. The number of carbonyl (C=O) groups is 1. The van der Waals surface area contributed by atoms with E-state index < -0.39 is 12.1 Å². The quantitative estimate of drug-likeness (QED) is 0.914. The van der Waals surface area contributed by atoms with E-state index in [1.54, 1.807) is 0 Å². The van der Waals surface area contributed by atoms with E-state index in [9.17, 15) is 9.90 Å². The summed E-state index contributed by atoms with van der Waals surface area (Å²) in [6.45, 7) is 2.13. The number of carbonyl (C=O) groups excluding carboxylic acids is 1. The normalized spacial score (nSPS) is 21.4. The molecule has 0 aliphatic carbocycles. The van der Waals surface area contributed by atoms with E-state index in [1.165, 1.54) is 0 Å². The van der Waals surface area contributed by atoms with E-state index in [4.69, 9.17) is 4.74 Å². The number of benzene rings is 2. The molecule has 0 aromatic heterocycles. The molecule has 1 aliphatic rings. The number of hydrogen-bond donors (Lipinski definition) is 2. The van der Waals surface area contributed by atoms with Gasteiger partial charge >= 0.3 is 0 Å². The van der Waals surface area contributed by atoms with Crippen LogP contribution in [0.1, 0.15) is 30.1 Å². The van der Waals surface area contributed by atoms with E-state index in [0.29, 0.717) is 11.3 Å². The monoisotopic (exact) mass is 297 g/mol. The van der Waals surface area contributed by atoms with Gasteiger partial charge < -0.3 is 15.2 Å². The van der Waals surface area contributed by atoms with Gasteiger partial charge in [0.25, 0.3) is 0 Å². The highest BCUT2D eigenvalue weighted by atomic mass is 16.5. The van der Waals surface area contributed by atoms with Gasteiger partial charge in [-0.15, -0.1) is 0 Å². The summed E-state index contributed by atoms with van der Waals surface area (Å²) >= 11 is 0. The van der Waals surface area contributed by atoms with Gasteiger partial charge in [-0.3, -0.25) is 4.79 Å². The van der Waals surface area contributed by atoms with Gasteiger partial charge in [-0.2, -0.15) is 0 Å². The molecule has 1 aliphatic heterocycles. The summed E-state index contributed by atoms with van der Waals surface area (Å²) in [5, 5.41) is 13.3. The van der Waals surface area contributed by atoms with Crippen LogP contribution in [-0.4, -0.2) is 23.7 Å². The standard InChI is InChI=1S/C18H19NO3/c1-12(13-7-3-2-4-8-13)18(21)19-15-11-22-16-10-6-5-9-14(16)17(15)20/h2-10,12,15,17,20H,11H2,1H3,(H,19,21)/t12-,15+,17+/m0/s1. The average Bonchev–Trinajstić information content (AvgIpc) is 2.57. The molecule has 0 bridgehead atoms. The lowest BCUT2D eigenvalue weighted by atomic mass is 9.96. The Hall–Kier alpha value is -2.33. The lowest BCUT2D eigenvalue weighted by molar-refractivity contribution is -0.124. The average molecular weight is 297 g/mol. The lowest BCUT2D eigenvalue weighted by Gasteiger charge is -2.31. The van der Waals surface area contributed by atoms with Gasteiger partial charge in [-0.25, -0.2) is 0 Å². The highest BCUT2D eigenvalue weighted by Gasteiger charge is 2.31. The van der Waals surface area contributed by atoms with Gasteiger partial charge in [-0.05, 0) is 18.6 Å². The third-order valence-corrected chi connectivity index (χ3v) is 4.06. The fourth-order valence-corrected chi connectivity index (χ4v) is 2.67. The van der Waals surface area contributed by atoms with Crippen LogP contribution in [0, 0.1) is 0 Å². The molecule has 0 unspecified atom stereocenters. The molecule has 0 radical (unpaired) electrons.